The summed E-state index contributed by atoms with van der Waals surface area (Å²) in [5.74, 6) is 1.50. The molecule has 2 amide bonds. The molecule has 1 aromatic rings. The van der Waals surface area contributed by atoms with E-state index in [1.165, 1.54) is 0 Å². The molecule has 0 bridgehead atoms. The zero-order chi connectivity index (χ0) is 17.6. The fourth-order valence-electron chi connectivity index (χ4n) is 3.49. The van der Waals surface area contributed by atoms with E-state index in [9.17, 15) is 9.59 Å². The SMILES string of the molecule is COc1cccc(CC(=O)N2CCN(C(=O)CC3C=CCC3)CC2)c1. The summed E-state index contributed by atoms with van der Waals surface area (Å²) in [4.78, 5) is 28.6. The fraction of sp³-hybridized carbons (Fsp3) is 0.500. The average Bonchev–Trinajstić information content (AvgIpc) is 3.15. The first kappa shape index (κ1) is 17.5. The molecule has 0 saturated carbocycles. The van der Waals surface area contributed by atoms with Crippen LogP contribution in [0.25, 0.3) is 0 Å². The number of carbonyl (C=O) groups excluding carboxylic acids is 2. The largest absolute Gasteiger partial charge is 0.497 e. The summed E-state index contributed by atoms with van der Waals surface area (Å²) < 4.78 is 5.20. The second-order valence-electron chi connectivity index (χ2n) is 6.76. The van der Waals surface area contributed by atoms with Crippen molar-refractivity contribution in [3.63, 3.8) is 0 Å². The summed E-state index contributed by atoms with van der Waals surface area (Å²) >= 11 is 0. The van der Waals surface area contributed by atoms with Crippen LogP contribution in [0.3, 0.4) is 0 Å². The number of carbonyl (C=O) groups is 2. The third-order valence-corrected chi connectivity index (χ3v) is 5.02. The first-order valence-electron chi connectivity index (χ1n) is 9.01. The van der Waals surface area contributed by atoms with Crippen LogP contribution in [-0.2, 0) is 16.0 Å². The summed E-state index contributed by atoms with van der Waals surface area (Å²) in [6, 6.07) is 7.61. The van der Waals surface area contributed by atoms with Crippen LogP contribution >= 0.6 is 0 Å². The third kappa shape index (κ3) is 4.62. The molecule has 1 aliphatic carbocycles. The van der Waals surface area contributed by atoms with Crippen LogP contribution < -0.4 is 4.74 Å². The number of rotatable bonds is 5. The number of allylic oxidation sites excluding steroid dienone is 2. The van der Waals surface area contributed by atoms with Gasteiger partial charge in [0.25, 0.3) is 0 Å². The highest BCUT2D eigenvalue weighted by molar-refractivity contribution is 5.80. The van der Waals surface area contributed by atoms with Gasteiger partial charge in [-0.05, 0) is 36.5 Å². The number of methoxy groups -OCH3 is 1. The van der Waals surface area contributed by atoms with Gasteiger partial charge in [-0.25, -0.2) is 0 Å². The Balaban J connectivity index is 1.47. The Morgan fingerprint density at radius 1 is 1.12 bits per heavy atom. The second kappa shape index (κ2) is 8.19. The van der Waals surface area contributed by atoms with E-state index in [-0.39, 0.29) is 11.8 Å². The molecule has 134 valence electrons. The summed E-state index contributed by atoms with van der Waals surface area (Å²) in [7, 11) is 1.62. The Morgan fingerprint density at radius 3 is 2.48 bits per heavy atom. The van der Waals surface area contributed by atoms with Crippen LogP contribution in [0.4, 0.5) is 0 Å². The van der Waals surface area contributed by atoms with E-state index in [4.69, 9.17) is 4.74 Å². The molecule has 1 unspecified atom stereocenters. The number of amides is 2. The highest BCUT2D eigenvalue weighted by Gasteiger charge is 2.25. The van der Waals surface area contributed by atoms with Gasteiger partial charge in [-0.1, -0.05) is 24.3 Å². The van der Waals surface area contributed by atoms with Crippen LogP contribution in [0.15, 0.2) is 36.4 Å². The van der Waals surface area contributed by atoms with Crippen LogP contribution in [0.5, 0.6) is 5.75 Å². The minimum atomic E-state index is 0.110. The molecule has 5 heteroatoms. The van der Waals surface area contributed by atoms with E-state index in [1.54, 1.807) is 7.11 Å². The maximum Gasteiger partial charge on any atom is 0.227 e. The van der Waals surface area contributed by atoms with E-state index in [0.29, 0.717) is 44.9 Å². The lowest BCUT2D eigenvalue weighted by molar-refractivity contribution is -0.139. The molecule has 1 fully saturated rings. The van der Waals surface area contributed by atoms with Gasteiger partial charge >= 0.3 is 0 Å². The van der Waals surface area contributed by atoms with Crippen molar-refractivity contribution < 1.29 is 14.3 Å². The van der Waals surface area contributed by atoms with Crippen LogP contribution in [0.1, 0.15) is 24.8 Å². The average molecular weight is 342 g/mol. The Hall–Kier alpha value is -2.30. The molecule has 0 aromatic heterocycles. The van der Waals surface area contributed by atoms with Gasteiger partial charge in [-0.15, -0.1) is 0 Å². The van der Waals surface area contributed by atoms with E-state index in [0.717, 1.165) is 24.2 Å². The number of nitrogens with zero attached hydrogens (tertiary/aromatic N) is 2. The zero-order valence-electron chi connectivity index (χ0n) is 14.8. The lowest BCUT2D eigenvalue weighted by atomic mass is 10.0. The number of ether oxygens (including phenoxy) is 1. The maximum absolute atomic E-state index is 12.5. The molecule has 1 aromatic carbocycles. The molecule has 1 heterocycles. The molecule has 0 radical (unpaired) electrons. The van der Waals surface area contributed by atoms with Crippen molar-refractivity contribution in [2.45, 2.75) is 25.7 Å². The summed E-state index contributed by atoms with van der Waals surface area (Å²) in [6.45, 7) is 2.52. The highest BCUT2D eigenvalue weighted by atomic mass is 16.5. The molecule has 0 N–H and O–H groups in total. The molecular weight excluding hydrogens is 316 g/mol. The predicted molar refractivity (Wildman–Crippen MR) is 96.3 cm³/mol. The van der Waals surface area contributed by atoms with Crippen molar-refractivity contribution in [1.82, 2.24) is 9.80 Å². The van der Waals surface area contributed by atoms with E-state index in [1.807, 2.05) is 34.1 Å². The van der Waals surface area contributed by atoms with Gasteiger partial charge in [0.2, 0.25) is 11.8 Å². The molecule has 1 aliphatic heterocycles. The topological polar surface area (TPSA) is 49.9 Å². The number of hydrogen-bond donors (Lipinski definition) is 0. The summed E-state index contributed by atoms with van der Waals surface area (Å²) in [5.41, 5.74) is 0.955. The Morgan fingerprint density at radius 2 is 1.84 bits per heavy atom. The van der Waals surface area contributed by atoms with E-state index >= 15 is 0 Å². The monoisotopic (exact) mass is 342 g/mol. The standard InChI is InChI=1S/C20H26N2O3/c1-25-18-8-4-7-17(13-18)15-20(24)22-11-9-21(10-12-22)19(23)14-16-5-2-3-6-16/h2,4-5,7-8,13,16H,3,6,9-12,14-15H2,1H3. The van der Waals surface area contributed by atoms with Gasteiger partial charge in [0.15, 0.2) is 0 Å². The zero-order valence-corrected chi connectivity index (χ0v) is 14.8. The van der Waals surface area contributed by atoms with Crippen molar-refractivity contribution in [3.8, 4) is 5.75 Å². The lowest BCUT2D eigenvalue weighted by Gasteiger charge is -2.35. The van der Waals surface area contributed by atoms with Crippen LogP contribution in [0, 0.1) is 5.92 Å². The molecule has 0 spiro atoms. The van der Waals surface area contributed by atoms with Crippen LogP contribution in [-0.4, -0.2) is 54.9 Å². The number of piperazine rings is 1. The van der Waals surface area contributed by atoms with Crippen LogP contribution in [0.2, 0.25) is 0 Å². The second-order valence-corrected chi connectivity index (χ2v) is 6.76. The third-order valence-electron chi connectivity index (χ3n) is 5.02. The van der Waals surface area contributed by atoms with Gasteiger partial charge < -0.3 is 14.5 Å². The Labute approximate surface area is 149 Å². The van der Waals surface area contributed by atoms with E-state index < -0.39 is 0 Å². The smallest absolute Gasteiger partial charge is 0.227 e. The highest BCUT2D eigenvalue weighted by Crippen LogP contribution is 2.21. The minimum Gasteiger partial charge on any atom is -0.497 e. The van der Waals surface area contributed by atoms with Crippen molar-refractivity contribution >= 4 is 11.8 Å². The molecule has 1 atom stereocenters. The van der Waals surface area contributed by atoms with Gasteiger partial charge in [-0.3, -0.25) is 9.59 Å². The maximum atomic E-state index is 12.5. The summed E-state index contributed by atoms with van der Waals surface area (Å²) in [5, 5.41) is 0. The van der Waals surface area contributed by atoms with Crippen molar-refractivity contribution in [2.75, 3.05) is 33.3 Å². The quantitative estimate of drug-likeness (QED) is 0.771. The van der Waals surface area contributed by atoms with Gasteiger partial charge in [0, 0.05) is 32.6 Å². The van der Waals surface area contributed by atoms with E-state index in [2.05, 4.69) is 12.2 Å². The lowest BCUT2D eigenvalue weighted by Crippen LogP contribution is -2.51. The van der Waals surface area contributed by atoms with Gasteiger partial charge in [0.05, 0.1) is 13.5 Å². The normalized spacial score (nSPS) is 20.0. The van der Waals surface area contributed by atoms with Crippen molar-refractivity contribution in [3.05, 3.63) is 42.0 Å². The molecule has 2 aliphatic rings. The summed E-state index contributed by atoms with van der Waals surface area (Å²) in [6.07, 6.45) is 7.47. The number of hydrogen-bond acceptors (Lipinski definition) is 3. The van der Waals surface area contributed by atoms with Crippen molar-refractivity contribution in [2.24, 2.45) is 5.92 Å². The first-order valence-corrected chi connectivity index (χ1v) is 9.01. The molecule has 25 heavy (non-hydrogen) atoms. The van der Waals surface area contributed by atoms with Gasteiger partial charge in [0.1, 0.15) is 5.75 Å². The minimum absolute atomic E-state index is 0.110. The molecule has 3 rings (SSSR count). The molecule has 5 nitrogen and oxygen atoms in total. The van der Waals surface area contributed by atoms with Crippen molar-refractivity contribution in [1.29, 1.82) is 0 Å². The Bertz CT molecular complexity index is 648. The first-order chi connectivity index (χ1) is 12.2. The van der Waals surface area contributed by atoms with Gasteiger partial charge in [-0.2, -0.15) is 0 Å². The predicted octanol–water partition coefficient (Wildman–Crippen LogP) is 2.26. The Kier molecular flexibility index (Phi) is 5.74. The number of benzene rings is 1. The fourth-order valence-corrected chi connectivity index (χ4v) is 3.49. The molecular formula is C20H26N2O3. The molecule has 1 saturated heterocycles.